The van der Waals surface area contributed by atoms with Crippen LogP contribution in [0.3, 0.4) is 0 Å². The first-order chi connectivity index (χ1) is 9.10. The van der Waals surface area contributed by atoms with Crippen molar-refractivity contribution in [1.29, 1.82) is 0 Å². The Hall–Kier alpha value is -0.900. The van der Waals surface area contributed by atoms with Gasteiger partial charge < -0.3 is 10.1 Å². The van der Waals surface area contributed by atoms with Gasteiger partial charge in [0.05, 0.1) is 17.2 Å². The highest BCUT2D eigenvalue weighted by atomic mass is 79.9. The first kappa shape index (κ1) is 14.5. The lowest BCUT2D eigenvalue weighted by atomic mass is 10.2. The molecule has 0 fully saturated rings. The molecule has 100 valence electrons. The van der Waals surface area contributed by atoms with E-state index in [2.05, 4.69) is 21.2 Å². The maximum atomic E-state index is 5.98. The number of hydrogen-bond donors (Lipinski definition) is 1. The van der Waals surface area contributed by atoms with Crippen molar-refractivity contribution in [3.05, 3.63) is 56.5 Å². The minimum atomic E-state index is 0.535. The molecular weight excluding hydrogens is 349 g/mol. The van der Waals surface area contributed by atoms with E-state index in [1.165, 1.54) is 0 Å². The van der Waals surface area contributed by atoms with Gasteiger partial charge in [-0.25, -0.2) is 0 Å². The van der Waals surface area contributed by atoms with Gasteiger partial charge in [-0.2, -0.15) is 0 Å². The van der Waals surface area contributed by atoms with Crippen LogP contribution in [0.1, 0.15) is 5.56 Å². The fourth-order valence-electron chi connectivity index (χ4n) is 1.69. The number of rotatable bonds is 4. The van der Waals surface area contributed by atoms with Crippen LogP contribution >= 0.6 is 39.1 Å². The Kier molecular flexibility index (Phi) is 4.97. The Morgan fingerprint density at radius 1 is 1.11 bits per heavy atom. The standard InChI is InChI=1S/C14H12BrCl2NO/c1-19-14-5-2-10(15)6-9(14)8-18-11-3-4-12(16)13(17)7-11/h2-7,18H,8H2,1H3. The average molecular weight is 361 g/mol. The largest absolute Gasteiger partial charge is 0.496 e. The van der Waals surface area contributed by atoms with Gasteiger partial charge in [0.15, 0.2) is 0 Å². The lowest BCUT2D eigenvalue weighted by molar-refractivity contribution is 0.410. The molecule has 0 bridgehead atoms. The number of methoxy groups -OCH3 is 1. The van der Waals surface area contributed by atoms with E-state index >= 15 is 0 Å². The lowest BCUT2D eigenvalue weighted by Crippen LogP contribution is -2.01. The zero-order valence-electron chi connectivity index (χ0n) is 10.2. The zero-order chi connectivity index (χ0) is 13.8. The lowest BCUT2D eigenvalue weighted by Gasteiger charge is -2.11. The molecule has 0 saturated heterocycles. The monoisotopic (exact) mass is 359 g/mol. The van der Waals surface area contributed by atoms with Crippen LogP contribution in [0.4, 0.5) is 5.69 Å². The van der Waals surface area contributed by atoms with Gasteiger partial charge >= 0.3 is 0 Å². The number of nitrogens with one attached hydrogen (secondary N) is 1. The van der Waals surface area contributed by atoms with Crippen molar-refractivity contribution < 1.29 is 4.74 Å². The van der Waals surface area contributed by atoms with Crippen molar-refractivity contribution in [2.45, 2.75) is 6.54 Å². The summed E-state index contributed by atoms with van der Waals surface area (Å²) in [6.07, 6.45) is 0. The summed E-state index contributed by atoms with van der Waals surface area (Å²) in [6.45, 7) is 0.639. The van der Waals surface area contributed by atoms with E-state index in [0.29, 0.717) is 16.6 Å². The van der Waals surface area contributed by atoms with Crippen molar-refractivity contribution in [2.75, 3.05) is 12.4 Å². The molecule has 0 aliphatic heterocycles. The van der Waals surface area contributed by atoms with E-state index in [0.717, 1.165) is 21.5 Å². The van der Waals surface area contributed by atoms with Gasteiger partial charge in [0.1, 0.15) is 5.75 Å². The van der Waals surface area contributed by atoms with Crippen LogP contribution in [-0.4, -0.2) is 7.11 Å². The molecule has 1 N–H and O–H groups in total. The van der Waals surface area contributed by atoms with Crippen LogP contribution < -0.4 is 10.1 Å². The Morgan fingerprint density at radius 2 is 1.89 bits per heavy atom. The molecular formula is C14H12BrCl2NO. The molecule has 0 radical (unpaired) electrons. The highest BCUT2D eigenvalue weighted by Gasteiger charge is 2.04. The van der Waals surface area contributed by atoms with Gasteiger partial charge in [0.2, 0.25) is 0 Å². The van der Waals surface area contributed by atoms with Crippen LogP contribution in [-0.2, 0) is 6.54 Å². The summed E-state index contributed by atoms with van der Waals surface area (Å²) in [5, 5.41) is 4.37. The van der Waals surface area contributed by atoms with E-state index in [4.69, 9.17) is 27.9 Å². The Morgan fingerprint density at radius 3 is 2.58 bits per heavy atom. The van der Waals surface area contributed by atoms with E-state index in [1.807, 2.05) is 24.3 Å². The molecule has 0 aliphatic rings. The third-order valence-electron chi connectivity index (χ3n) is 2.65. The number of benzene rings is 2. The second kappa shape index (κ2) is 6.51. The van der Waals surface area contributed by atoms with Crippen molar-refractivity contribution in [1.82, 2.24) is 0 Å². The van der Waals surface area contributed by atoms with Crippen LogP contribution in [0.25, 0.3) is 0 Å². The molecule has 5 heteroatoms. The summed E-state index contributed by atoms with van der Waals surface area (Å²) < 4.78 is 6.34. The summed E-state index contributed by atoms with van der Waals surface area (Å²) in [6, 6.07) is 11.3. The van der Waals surface area contributed by atoms with Crippen molar-refractivity contribution in [3.8, 4) is 5.75 Å². The SMILES string of the molecule is COc1ccc(Br)cc1CNc1ccc(Cl)c(Cl)c1. The van der Waals surface area contributed by atoms with Crippen LogP contribution in [0.15, 0.2) is 40.9 Å². The molecule has 19 heavy (non-hydrogen) atoms. The van der Waals surface area contributed by atoms with E-state index in [9.17, 15) is 0 Å². The first-order valence-electron chi connectivity index (χ1n) is 5.61. The number of halogens is 3. The predicted octanol–water partition coefficient (Wildman–Crippen LogP) is 5.38. The smallest absolute Gasteiger partial charge is 0.123 e. The van der Waals surface area contributed by atoms with Crippen molar-refractivity contribution in [2.24, 2.45) is 0 Å². The number of ether oxygens (including phenoxy) is 1. The van der Waals surface area contributed by atoms with Gasteiger partial charge in [-0.3, -0.25) is 0 Å². The molecule has 0 aliphatic carbocycles. The average Bonchev–Trinajstić information content (AvgIpc) is 2.40. The van der Waals surface area contributed by atoms with Crippen molar-refractivity contribution in [3.63, 3.8) is 0 Å². The van der Waals surface area contributed by atoms with E-state index < -0.39 is 0 Å². The molecule has 2 aromatic carbocycles. The molecule has 2 aromatic rings. The predicted molar refractivity (Wildman–Crippen MR) is 84.5 cm³/mol. The fraction of sp³-hybridized carbons (Fsp3) is 0.143. The molecule has 2 rings (SSSR count). The first-order valence-corrected chi connectivity index (χ1v) is 7.16. The van der Waals surface area contributed by atoms with Gasteiger partial charge in [0, 0.05) is 22.3 Å². The molecule has 0 heterocycles. The second-order valence-corrected chi connectivity index (χ2v) is 5.67. The Balaban J connectivity index is 2.13. The Bertz CT molecular complexity index is 590. The molecule has 2 nitrogen and oxygen atoms in total. The molecule has 0 amide bonds. The van der Waals surface area contributed by atoms with Gasteiger partial charge in [0.25, 0.3) is 0 Å². The second-order valence-electron chi connectivity index (χ2n) is 3.94. The topological polar surface area (TPSA) is 21.3 Å². The number of hydrogen-bond acceptors (Lipinski definition) is 2. The third-order valence-corrected chi connectivity index (χ3v) is 3.88. The van der Waals surface area contributed by atoms with Crippen LogP contribution in [0.5, 0.6) is 5.75 Å². The highest BCUT2D eigenvalue weighted by Crippen LogP contribution is 2.27. The fourth-order valence-corrected chi connectivity index (χ4v) is 2.40. The summed E-state index contributed by atoms with van der Waals surface area (Å²) in [5.41, 5.74) is 1.97. The summed E-state index contributed by atoms with van der Waals surface area (Å²) in [4.78, 5) is 0. The van der Waals surface area contributed by atoms with E-state index in [-0.39, 0.29) is 0 Å². The summed E-state index contributed by atoms with van der Waals surface area (Å²) in [7, 11) is 1.66. The molecule has 0 spiro atoms. The summed E-state index contributed by atoms with van der Waals surface area (Å²) in [5.74, 6) is 0.843. The van der Waals surface area contributed by atoms with E-state index in [1.54, 1.807) is 19.2 Å². The maximum Gasteiger partial charge on any atom is 0.123 e. The quantitative estimate of drug-likeness (QED) is 0.790. The van der Waals surface area contributed by atoms with Gasteiger partial charge in [-0.05, 0) is 36.4 Å². The third kappa shape index (κ3) is 3.78. The highest BCUT2D eigenvalue weighted by molar-refractivity contribution is 9.10. The molecule has 0 saturated carbocycles. The minimum Gasteiger partial charge on any atom is -0.496 e. The zero-order valence-corrected chi connectivity index (χ0v) is 13.3. The van der Waals surface area contributed by atoms with Gasteiger partial charge in [-0.15, -0.1) is 0 Å². The Labute approximate surface area is 130 Å². The van der Waals surface area contributed by atoms with Crippen molar-refractivity contribution >= 4 is 44.8 Å². The number of anilines is 1. The summed E-state index contributed by atoms with van der Waals surface area (Å²) >= 11 is 15.3. The van der Waals surface area contributed by atoms with Crippen LogP contribution in [0.2, 0.25) is 10.0 Å². The molecule has 0 unspecified atom stereocenters. The minimum absolute atomic E-state index is 0.535. The van der Waals surface area contributed by atoms with Crippen LogP contribution in [0, 0.1) is 0 Å². The van der Waals surface area contributed by atoms with Gasteiger partial charge in [-0.1, -0.05) is 39.1 Å². The maximum absolute atomic E-state index is 5.98. The molecule has 0 aromatic heterocycles. The molecule has 0 atom stereocenters. The normalized spacial score (nSPS) is 10.3.